The summed E-state index contributed by atoms with van der Waals surface area (Å²) in [6.07, 6.45) is 4.38. The third-order valence-corrected chi connectivity index (χ3v) is 3.64. The molecule has 2 heterocycles. The SMILES string of the molecule is CCCc1nnc(NC(=O)CN2CCCC2)s1. The van der Waals surface area contributed by atoms with E-state index in [1.807, 2.05) is 0 Å². The van der Waals surface area contributed by atoms with Crippen LogP contribution in [0.1, 0.15) is 31.2 Å². The molecule has 0 bridgehead atoms. The smallest absolute Gasteiger partial charge is 0.240 e. The van der Waals surface area contributed by atoms with Gasteiger partial charge in [-0.25, -0.2) is 0 Å². The second-order valence-corrected chi connectivity index (χ2v) is 5.34. The molecule has 0 unspecified atom stereocenters. The highest BCUT2D eigenvalue weighted by molar-refractivity contribution is 7.15. The van der Waals surface area contributed by atoms with Crippen molar-refractivity contribution >= 4 is 22.4 Å². The molecule has 94 valence electrons. The molecule has 1 aromatic rings. The van der Waals surface area contributed by atoms with Crippen LogP contribution in [0.5, 0.6) is 0 Å². The molecule has 0 aromatic carbocycles. The number of aromatic nitrogens is 2. The Hall–Kier alpha value is -1.01. The Morgan fingerprint density at radius 2 is 2.18 bits per heavy atom. The van der Waals surface area contributed by atoms with E-state index in [-0.39, 0.29) is 5.91 Å². The van der Waals surface area contributed by atoms with Gasteiger partial charge in [-0.1, -0.05) is 18.3 Å². The first kappa shape index (κ1) is 12.4. The molecular formula is C11H18N4OS. The highest BCUT2D eigenvalue weighted by Gasteiger charge is 2.16. The van der Waals surface area contributed by atoms with Gasteiger partial charge in [-0.05, 0) is 32.4 Å². The highest BCUT2D eigenvalue weighted by atomic mass is 32.1. The lowest BCUT2D eigenvalue weighted by Crippen LogP contribution is -2.30. The number of rotatable bonds is 5. The van der Waals surface area contributed by atoms with Crippen LogP contribution in [-0.4, -0.2) is 40.6 Å². The van der Waals surface area contributed by atoms with E-state index in [9.17, 15) is 4.79 Å². The zero-order chi connectivity index (χ0) is 12.1. The summed E-state index contributed by atoms with van der Waals surface area (Å²) in [6.45, 7) is 4.64. The van der Waals surface area contributed by atoms with Crippen LogP contribution in [0.4, 0.5) is 5.13 Å². The average Bonchev–Trinajstić information content (AvgIpc) is 2.91. The van der Waals surface area contributed by atoms with Gasteiger partial charge >= 0.3 is 0 Å². The van der Waals surface area contributed by atoms with Crippen molar-refractivity contribution in [1.29, 1.82) is 0 Å². The summed E-state index contributed by atoms with van der Waals surface area (Å²) in [6, 6.07) is 0. The number of hydrogen-bond donors (Lipinski definition) is 1. The van der Waals surface area contributed by atoms with Crippen LogP contribution in [0.15, 0.2) is 0 Å². The van der Waals surface area contributed by atoms with Crippen LogP contribution in [-0.2, 0) is 11.2 Å². The zero-order valence-electron chi connectivity index (χ0n) is 10.1. The monoisotopic (exact) mass is 254 g/mol. The molecule has 0 aliphatic carbocycles. The Labute approximate surface area is 105 Å². The molecule has 6 heteroatoms. The van der Waals surface area contributed by atoms with E-state index < -0.39 is 0 Å². The van der Waals surface area contributed by atoms with Crippen molar-refractivity contribution in [3.8, 4) is 0 Å². The minimum atomic E-state index is 0.0195. The summed E-state index contributed by atoms with van der Waals surface area (Å²) in [5, 5.41) is 12.4. The summed E-state index contributed by atoms with van der Waals surface area (Å²) in [5.41, 5.74) is 0. The van der Waals surface area contributed by atoms with Gasteiger partial charge in [-0.2, -0.15) is 0 Å². The molecule has 1 amide bonds. The summed E-state index contributed by atoms with van der Waals surface area (Å²) >= 11 is 1.47. The fraction of sp³-hybridized carbons (Fsp3) is 0.727. The van der Waals surface area contributed by atoms with Crippen LogP contribution < -0.4 is 5.32 Å². The van der Waals surface area contributed by atoms with Crippen molar-refractivity contribution < 1.29 is 4.79 Å². The van der Waals surface area contributed by atoms with Gasteiger partial charge < -0.3 is 0 Å². The lowest BCUT2D eigenvalue weighted by Gasteiger charge is -2.12. The second kappa shape index (κ2) is 6.07. The van der Waals surface area contributed by atoms with Crippen LogP contribution in [0, 0.1) is 0 Å². The Balaban J connectivity index is 1.80. The standard InChI is InChI=1S/C11H18N4OS/c1-2-5-10-13-14-11(17-10)12-9(16)8-15-6-3-4-7-15/h2-8H2,1H3,(H,12,14,16). The normalized spacial score (nSPS) is 16.3. The van der Waals surface area contributed by atoms with E-state index in [2.05, 4.69) is 27.3 Å². The van der Waals surface area contributed by atoms with Crippen molar-refractivity contribution in [2.45, 2.75) is 32.6 Å². The van der Waals surface area contributed by atoms with Gasteiger partial charge in [0.25, 0.3) is 0 Å². The van der Waals surface area contributed by atoms with E-state index in [0.717, 1.165) is 30.9 Å². The number of amides is 1. The van der Waals surface area contributed by atoms with Crippen molar-refractivity contribution in [3.63, 3.8) is 0 Å². The van der Waals surface area contributed by atoms with E-state index in [1.165, 1.54) is 24.2 Å². The summed E-state index contributed by atoms with van der Waals surface area (Å²) in [4.78, 5) is 13.9. The lowest BCUT2D eigenvalue weighted by molar-refractivity contribution is -0.117. The number of aryl methyl sites for hydroxylation is 1. The lowest BCUT2D eigenvalue weighted by atomic mass is 10.4. The number of likely N-dealkylation sites (tertiary alicyclic amines) is 1. The maximum atomic E-state index is 11.7. The molecule has 1 N–H and O–H groups in total. The van der Waals surface area contributed by atoms with Gasteiger partial charge in [0.15, 0.2) is 0 Å². The van der Waals surface area contributed by atoms with Crippen molar-refractivity contribution in [3.05, 3.63) is 5.01 Å². The Bertz CT molecular complexity index is 373. The largest absolute Gasteiger partial charge is 0.299 e. The minimum Gasteiger partial charge on any atom is -0.299 e. The van der Waals surface area contributed by atoms with Crippen molar-refractivity contribution in [2.24, 2.45) is 0 Å². The highest BCUT2D eigenvalue weighted by Crippen LogP contribution is 2.16. The predicted molar refractivity (Wildman–Crippen MR) is 68.2 cm³/mol. The summed E-state index contributed by atoms with van der Waals surface area (Å²) < 4.78 is 0. The van der Waals surface area contributed by atoms with Gasteiger partial charge in [0, 0.05) is 6.42 Å². The number of anilines is 1. The molecule has 1 aliphatic rings. The van der Waals surface area contributed by atoms with Gasteiger partial charge in [-0.15, -0.1) is 10.2 Å². The molecule has 0 radical (unpaired) electrons. The number of hydrogen-bond acceptors (Lipinski definition) is 5. The van der Waals surface area contributed by atoms with Crippen LogP contribution >= 0.6 is 11.3 Å². The first-order valence-corrected chi connectivity index (χ1v) is 6.94. The second-order valence-electron chi connectivity index (χ2n) is 4.28. The first-order chi connectivity index (χ1) is 8.28. The molecule has 0 saturated carbocycles. The fourth-order valence-electron chi connectivity index (χ4n) is 1.92. The number of carbonyl (C=O) groups is 1. The van der Waals surface area contributed by atoms with Crippen LogP contribution in [0.25, 0.3) is 0 Å². The molecular weight excluding hydrogens is 236 g/mol. The van der Waals surface area contributed by atoms with E-state index in [0.29, 0.717) is 11.7 Å². The number of carbonyl (C=O) groups excluding carboxylic acids is 1. The predicted octanol–water partition coefficient (Wildman–Crippen LogP) is 1.52. The van der Waals surface area contributed by atoms with E-state index in [1.54, 1.807) is 0 Å². The molecule has 1 saturated heterocycles. The Morgan fingerprint density at radius 1 is 1.41 bits per heavy atom. The van der Waals surface area contributed by atoms with Gasteiger partial charge in [0.05, 0.1) is 6.54 Å². The van der Waals surface area contributed by atoms with Gasteiger partial charge in [-0.3, -0.25) is 15.0 Å². The third-order valence-electron chi connectivity index (χ3n) is 2.74. The Morgan fingerprint density at radius 3 is 2.88 bits per heavy atom. The van der Waals surface area contributed by atoms with E-state index in [4.69, 9.17) is 0 Å². The maximum absolute atomic E-state index is 11.7. The van der Waals surface area contributed by atoms with Crippen molar-refractivity contribution in [2.75, 3.05) is 25.0 Å². The van der Waals surface area contributed by atoms with Gasteiger partial charge in [0.2, 0.25) is 11.0 Å². The summed E-state index contributed by atoms with van der Waals surface area (Å²) in [5.74, 6) is 0.0195. The number of nitrogens with one attached hydrogen (secondary N) is 1. The quantitative estimate of drug-likeness (QED) is 0.865. The van der Waals surface area contributed by atoms with Crippen LogP contribution in [0.2, 0.25) is 0 Å². The van der Waals surface area contributed by atoms with Crippen LogP contribution in [0.3, 0.4) is 0 Å². The molecule has 5 nitrogen and oxygen atoms in total. The zero-order valence-corrected chi connectivity index (χ0v) is 10.9. The molecule has 1 aromatic heterocycles. The summed E-state index contributed by atoms with van der Waals surface area (Å²) in [7, 11) is 0. The van der Waals surface area contributed by atoms with E-state index >= 15 is 0 Å². The molecule has 0 atom stereocenters. The van der Waals surface area contributed by atoms with Gasteiger partial charge in [0.1, 0.15) is 5.01 Å². The first-order valence-electron chi connectivity index (χ1n) is 6.12. The fourth-order valence-corrected chi connectivity index (χ4v) is 2.78. The molecule has 2 rings (SSSR count). The molecule has 1 aliphatic heterocycles. The maximum Gasteiger partial charge on any atom is 0.240 e. The molecule has 0 spiro atoms. The average molecular weight is 254 g/mol. The molecule has 1 fully saturated rings. The Kier molecular flexibility index (Phi) is 4.44. The third kappa shape index (κ3) is 3.74. The van der Waals surface area contributed by atoms with Crippen molar-refractivity contribution in [1.82, 2.24) is 15.1 Å². The topological polar surface area (TPSA) is 58.1 Å². The number of nitrogens with zero attached hydrogens (tertiary/aromatic N) is 3. The molecule has 17 heavy (non-hydrogen) atoms. The minimum absolute atomic E-state index is 0.0195.